The van der Waals surface area contributed by atoms with E-state index in [4.69, 9.17) is 4.74 Å². The van der Waals surface area contributed by atoms with E-state index < -0.39 is 0 Å². The van der Waals surface area contributed by atoms with Gasteiger partial charge in [0.2, 0.25) is 5.91 Å². The first kappa shape index (κ1) is 18.8. The zero-order valence-corrected chi connectivity index (χ0v) is 16.4. The molecule has 2 aromatic rings. The molecule has 1 amide bonds. The Labute approximate surface area is 161 Å². The molecule has 0 bridgehead atoms. The van der Waals surface area contributed by atoms with E-state index in [-0.39, 0.29) is 5.91 Å². The third-order valence-electron chi connectivity index (χ3n) is 3.80. The minimum absolute atomic E-state index is 0.0643. The standard InChI is InChI=1S/C17H21N5O2S2/c1-3-22-14(10-12-4-6-13(24-2)7-5-12)20-21-17(22)26-11-15(23)19-16-18-8-9-25-16/h4-7H,3,8-11H2,1-2H3,(H,18,19,23). The van der Waals surface area contributed by atoms with Gasteiger partial charge < -0.3 is 14.6 Å². The van der Waals surface area contributed by atoms with Gasteiger partial charge in [0, 0.05) is 18.7 Å². The lowest BCUT2D eigenvalue weighted by molar-refractivity contribution is -0.117. The molecular formula is C17H21N5O2S2. The zero-order valence-electron chi connectivity index (χ0n) is 14.8. The molecule has 9 heteroatoms. The first-order chi connectivity index (χ1) is 12.7. The van der Waals surface area contributed by atoms with Crippen molar-refractivity contribution < 1.29 is 9.53 Å². The van der Waals surface area contributed by atoms with E-state index in [2.05, 4.69) is 27.4 Å². The summed E-state index contributed by atoms with van der Waals surface area (Å²) >= 11 is 2.97. The highest BCUT2D eigenvalue weighted by molar-refractivity contribution is 8.14. The van der Waals surface area contributed by atoms with E-state index in [0.29, 0.717) is 17.3 Å². The fourth-order valence-corrected chi connectivity index (χ4v) is 4.06. The number of aliphatic imine (C=N–C) groups is 1. The van der Waals surface area contributed by atoms with Crippen molar-refractivity contribution in [2.75, 3.05) is 25.2 Å². The maximum absolute atomic E-state index is 12.0. The van der Waals surface area contributed by atoms with Crippen molar-refractivity contribution in [2.24, 2.45) is 4.99 Å². The molecule has 1 aliphatic rings. The maximum atomic E-state index is 12.0. The maximum Gasteiger partial charge on any atom is 0.236 e. The van der Waals surface area contributed by atoms with Crippen LogP contribution in [0.5, 0.6) is 5.75 Å². The molecule has 1 aromatic heterocycles. The van der Waals surface area contributed by atoms with Crippen molar-refractivity contribution in [1.82, 2.24) is 20.1 Å². The molecule has 0 fully saturated rings. The van der Waals surface area contributed by atoms with Gasteiger partial charge in [0.25, 0.3) is 0 Å². The lowest BCUT2D eigenvalue weighted by atomic mass is 10.1. The Morgan fingerprint density at radius 2 is 2.15 bits per heavy atom. The Balaban J connectivity index is 1.60. The van der Waals surface area contributed by atoms with Crippen LogP contribution in [0.3, 0.4) is 0 Å². The van der Waals surface area contributed by atoms with E-state index in [0.717, 1.165) is 41.1 Å². The molecule has 0 saturated carbocycles. The highest BCUT2D eigenvalue weighted by Crippen LogP contribution is 2.20. The fraction of sp³-hybridized carbons (Fsp3) is 0.412. The second-order valence-electron chi connectivity index (χ2n) is 5.54. The molecule has 1 aliphatic heterocycles. The van der Waals surface area contributed by atoms with Gasteiger partial charge in [-0.05, 0) is 24.6 Å². The summed E-state index contributed by atoms with van der Waals surface area (Å²) in [5, 5.41) is 12.9. The Morgan fingerprint density at radius 3 is 2.81 bits per heavy atom. The molecule has 1 aromatic carbocycles. The van der Waals surface area contributed by atoms with E-state index in [1.807, 2.05) is 28.8 Å². The van der Waals surface area contributed by atoms with Crippen molar-refractivity contribution in [1.29, 1.82) is 0 Å². The number of benzene rings is 1. The summed E-state index contributed by atoms with van der Waals surface area (Å²) in [5.41, 5.74) is 1.14. The molecule has 26 heavy (non-hydrogen) atoms. The number of carbonyl (C=O) groups is 1. The molecular weight excluding hydrogens is 370 g/mol. The molecule has 3 rings (SSSR count). The Kier molecular flexibility index (Phi) is 6.56. The molecule has 0 atom stereocenters. The quantitative estimate of drug-likeness (QED) is 0.729. The van der Waals surface area contributed by atoms with E-state index in [1.54, 1.807) is 18.9 Å². The number of methoxy groups -OCH3 is 1. The van der Waals surface area contributed by atoms with Gasteiger partial charge in [-0.3, -0.25) is 9.79 Å². The molecule has 0 aliphatic carbocycles. The highest BCUT2D eigenvalue weighted by atomic mass is 32.2. The normalized spacial score (nSPS) is 13.5. The number of carbonyl (C=O) groups excluding carboxylic acids is 1. The van der Waals surface area contributed by atoms with Gasteiger partial charge >= 0.3 is 0 Å². The number of rotatable bonds is 7. The minimum Gasteiger partial charge on any atom is -0.497 e. The second-order valence-corrected chi connectivity index (χ2v) is 7.57. The van der Waals surface area contributed by atoms with Crippen LogP contribution in [-0.4, -0.2) is 51.0 Å². The Hall–Kier alpha value is -2.00. The lowest BCUT2D eigenvalue weighted by Gasteiger charge is -2.08. The predicted molar refractivity (Wildman–Crippen MR) is 105 cm³/mol. The van der Waals surface area contributed by atoms with Gasteiger partial charge in [0.05, 0.1) is 19.4 Å². The SMILES string of the molecule is CCn1c(Cc2ccc(OC)cc2)nnc1SCC(=O)NC1=NCCS1. The third kappa shape index (κ3) is 4.79. The van der Waals surface area contributed by atoms with Crippen molar-refractivity contribution in [3.05, 3.63) is 35.7 Å². The minimum atomic E-state index is -0.0643. The number of hydrogen-bond donors (Lipinski definition) is 1. The van der Waals surface area contributed by atoms with Crippen LogP contribution in [0.2, 0.25) is 0 Å². The van der Waals surface area contributed by atoms with Gasteiger partial charge in [-0.25, -0.2) is 0 Å². The van der Waals surface area contributed by atoms with Crippen LogP contribution in [0.25, 0.3) is 0 Å². The lowest BCUT2D eigenvalue weighted by Crippen LogP contribution is -2.29. The molecule has 0 saturated heterocycles. The number of aromatic nitrogens is 3. The summed E-state index contributed by atoms with van der Waals surface area (Å²) in [7, 11) is 1.65. The van der Waals surface area contributed by atoms with Crippen LogP contribution in [0.1, 0.15) is 18.3 Å². The summed E-state index contributed by atoms with van der Waals surface area (Å²) in [4.78, 5) is 16.3. The van der Waals surface area contributed by atoms with Crippen LogP contribution >= 0.6 is 23.5 Å². The summed E-state index contributed by atoms with van der Waals surface area (Å²) in [6.07, 6.45) is 0.686. The zero-order chi connectivity index (χ0) is 18.4. The van der Waals surface area contributed by atoms with Crippen molar-refractivity contribution in [2.45, 2.75) is 25.0 Å². The smallest absolute Gasteiger partial charge is 0.236 e. The Bertz CT molecular complexity index is 789. The van der Waals surface area contributed by atoms with E-state index in [9.17, 15) is 4.79 Å². The average Bonchev–Trinajstić information content (AvgIpc) is 3.30. The molecule has 138 valence electrons. The van der Waals surface area contributed by atoms with Crippen LogP contribution in [0, 0.1) is 0 Å². The molecule has 1 N–H and O–H groups in total. The fourth-order valence-electron chi connectivity index (χ4n) is 2.50. The van der Waals surface area contributed by atoms with E-state index >= 15 is 0 Å². The molecule has 7 nitrogen and oxygen atoms in total. The number of hydrogen-bond acceptors (Lipinski definition) is 7. The summed E-state index contributed by atoms with van der Waals surface area (Å²) in [6.45, 7) is 3.58. The summed E-state index contributed by atoms with van der Waals surface area (Å²) < 4.78 is 7.23. The third-order valence-corrected chi connectivity index (χ3v) is 5.65. The predicted octanol–water partition coefficient (Wildman–Crippen LogP) is 2.21. The highest BCUT2D eigenvalue weighted by Gasteiger charge is 2.15. The molecule has 2 heterocycles. The number of ether oxygens (including phenoxy) is 1. The average molecular weight is 392 g/mol. The number of thioether (sulfide) groups is 2. The van der Waals surface area contributed by atoms with Crippen LogP contribution in [0.4, 0.5) is 0 Å². The summed E-state index contributed by atoms with van der Waals surface area (Å²) in [6, 6.07) is 7.92. The number of nitrogens with one attached hydrogen (secondary N) is 1. The van der Waals surface area contributed by atoms with Crippen LogP contribution < -0.4 is 10.1 Å². The molecule has 0 spiro atoms. The van der Waals surface area contributed by atoms with Gasteiger partial charge in [0.15, 0.2) is 10.3 Å². The van der Waals surface area contributed by atoms with Crippen LogP contribution in [0.15, 0.2) is 34.4 Å². The van der Waals surface area contributed by atoms with Gasteiger partial charge in [-0.15, -0.1) is 10.2 Å². The van der Waals surface area contributed by atoms with E-state index in [1.165, 1.54) is 11.8 Å². The van der Waals surface area contributed by atoms with Crippen LogP contribution in [-0.2, 0) is 17.8 Å². The van der Waals surface area contributed by atoms with Gasteiger partial charge in [0.1, 0.15) is 11.6 Å². The summed E-state index contributed by atoms with van der Waals surface area (Å²) in [5.74, 6) is 2.88. The van der Waals surface area contributed by atoms with Gasteiger partial charge in [-0.2, -0.15) is 0 Å². The number of amides is 1. The molecule has 0 unspecified atom stereocenters. The largest absolute Gasteiger partial charge is 0.497 e. The number of amidine groups is 1. The first-order valence-corrected chi connectivity index (χ1v) is 10.3. The number of nitrogens with zero attached hydrogens (tertiary/aromatic N) is 4. The Morgan fingerprint density at radius 1 is 1.35 bits per heavy atom. The topological polar surface area (TPSA) is 81.4 Å². The van der Waals surface area contributed by atoms with Gasteiger partial charge in [-0.1, -0.05) is 35.7 Å². The van der Waals surface area contributed by atoms with Crippen molar-refractivity contribution in [3.63, 3.8) is 0 Å². The second kappa shape index (κ2) is 9.09. The first-order valence-electron chi connectivity index (χ1n) is 8.34. The van der Waals surface area contributed by atoms with Crippen molar-refractivity contribution >= 4 is 34.6 Å². The molecule has 0 radical (unpaired) electrons. The van der Waals surface area contributed by atoms with Crippen molar-refractivity contribution in [3.8, 4) is 5.75 Å². The monoisotopic (exact) mass is 391 g/mol.